The van der Waals surface area contributed by atoms with Gasteiger partial charge < -0.3 is 24.9 Å². The molecule has 0 aliphatic rings. The summed E-state index contributed by atoms with van der Waals surface area (Å²) in [4.78, 5) is 44.7. The van der Waals surface area contributed by atoms with Crippen LogP contribution in [0.4, 0.5) is 11.4 Å². The van der Waals surface area contributed by atoms with Crippen LogP contribution in [0.2, 0.25) is 0 Å². The smallest absolute Gasteiger partial charge is 0.383 e. The van der Waals surface area contributed by atoms with Crippen molar-refractivity contribution in [1.82, 2.24) is 0 Å². The molecule has 17 heteroatoms. The van der Waals surface area contributed by atoms with Gasteiger partial charge >= 0.3 is 23.5 Å². The Balaban J connectivity index is 2.46. The van der Waals surface area contributed by atoms with Crippen LogP contribution in [-0.4, -0.2) is 37.6 Å². The Labute approximate surface area is 140 Å². The Morgan fingerprint density at radius 3 is 2.04 bits per heavy atom. The van der Waals surface area contributed by atoms with Crippen LogP contribution in [0.1, 0.15) is 0 Å². The predicted molar refractivity (Wildman–Crippen MR) is 81.4 cm³/mol. The van der Waals surface area contributed by atoms with E-state index in [1.807, 2.05) is 0 Å². The molecule has 14 nitrogen and oxygen atoms in total. The lowest BCUT2D eigenvalue weighted by Crippen LogP contribution is -2.09. The minimum absolute atomic E-state index is 0.110. The number of benzene rings is 1. The van der Waals surface area contributed by atoms with Crippen LogP contribution >= 0.6 is 23.5 Å². The van der Waals surface area contributed by atoms with Crippen LogP contribution in [0.3, 0.4) is 0 Å². The van der Waals surface area contributed by atoms with Crippen LogP contribution in [-0.2, 0) is 26.8 Å². The first kappa shape index (κ1) is 21.9. The number of hydrogen-bond donors (Lipinski definition) is 5. The van der Waals surface area contributed by atoms with Crippen molar-refractivity contribution in [3.8, 4) is 0 Å². The van der Waals surface area contributed by atoms with E-state index in [2.05, 4.69) is 18.5 Å². The molecule has 2 unspecified atom stereocenters. The molecule has 0 aromatic heterocycles. The lowest BCUT2D eigenvalue weighted by atomic mass is 10.3. The highest BCUT2D eigenvalue weighted by atomic mass is 31.3. The average molecular weight is 422 g/mol. The van der Waals surface area contributed by atoms with E-state index in [0.717, 1.165) is 0 Å². The number of hydrogen-bond acceptors (Lipinski definition) is 9. The summed E-state index contributed by atoms with van der Waals surface area (Å²) in [5.41, 5.74) is 0.277. The second kappa shape index (κ2) is 8.47. The molecule has 1 rings (SSSR count). The van der Waals surface area contributed by atoms with Gasteiger partial charge in [0.05, 0.1) is 11.5 Å². The highest BCUT2D eigenvalue weighted by Crippen LogP contribution is 2.66. The minimum Gasteiger partial charge on any atom is -0.383 e. The van der Waals surface area contributed by atoms with Crippen molar-refractivity contribution in [3.05, 3.63) is 34.4 Å². The maximum atomic E-state index is 11.4. The molecule has 0 aliphatic carbocycles. The molecule has 2 atom stereocenters. The molecular weight excluding hydrogens is 409 g/mol. The summed E-state index contributed by atoms with van der Waals surface area (Å²) in [5, 5.41) is 13.1. The van der Waals surface area contributed by atoms with E-state index in [4.69, 9.17) is 14.7 Å². The molecular formula is C8H13N2O12P3. The summed E-state index contributed by atoms with van der Waals surface area (Å²) in [7, 11) is -16.1. The van der Waals surface area contributed by atoms with Crippen LogP contribution < -0.4 is 5.32 Å². The van der Waals surface area contributed by atoms with Crippen molar-refractivity contribution in [2.45, 2.75) is 0 Å². The number of anilines is 1. The van der Waals surface area contributed by atoms with Gasteiger partial charge in [-0.25, -0.2) is 13.7 Å². The molecule has 0 amide bonds. The number of phosphoric ester groups is 1. The van der Waals surface area contributed by atoms with E-state index in [-0.39, 0.29) is 12.2 Å². The molecule has 0 heterocycles. The molecule has 142 valence electrons. The van der Waals surface area contributed by atoms with Gasteiger partial charge in [0, 0.05) is 24.4 Å². The average Bonchev–Trinajstić information content (AvgIpc) is 2.40. The first-order valence-electron chi connectivity index (χ1n) is 6.06. The molecule has 0 radical (unpaired) electrons. The fraction of sp³-hybridized carbons (Fsp3) is 0.250. The lowest BCUT2D eigenvalue weighted by molar-refractivity contribution is -0.384. The number of non-ortho nitro benzene ring substituents is 1. The Bertz CT molecular complexity index is 745. The zero-order valence-electron chi connectivity index (χ0n) is 12.1. The number of nitro benzene ring substituents is 1. The van der Waals surface area contributed by atoms with Gasteiger partial charge in [0.15, 0.2) is 0 Å². The summed E-state index contributed by atoms with van der Waals surface area (Å²) in [6.07, 6.45) is 0. The SMILES string of the molecule is O=[N+]([O-])c1ccc(NCCOP(=O)(O)OP(=O)(O)OP(=O)(O)O)cc1. The monoisotopic (exact) mass is 422 g/mol. The van der Waals surface area contributed by atoms with Gasteiger partial charge in [0.2, 0.25) is 0 Å². The third-order valence-electron chi connectivity index (χ3n) is 2.18. The van der Waals surface area contributed by atoms with Crippen molar-refractivity contribution >= 4 is 34.8 Å². The lowest BCUT2D eigenvalue weighted by Gasteiger charge is -2.16. The quantitative estimate of drug-likeness (QED) is 0.156. The van der Waals surface area contributed by atoms with Crippen LogP contribution in [0.5, 0.6) is 0 Å². The Morgan fingerprint density at radius 1 is 1.00 bits per heavy atom. The van der Waals surface area contributed by atoms with E-state index < -0.39 is 35.0 Å². The molecule has 0 spiro atoms. The summed E-state index contributed by atoms with van der Waals surface area (Å²) >= 11 is 0. The van der Waals surface area contributed by atoms with Crippen molar-refractivity contribution in [1.29, 1.82) is 0 Å². The Hall–Kier alpha value is -1.17. The summed E-state index contributed by atoms with van der Waals surface area (Å²) in [5.74, 6) is 0. The van der Waals surface area contributed by atoms with Crippen molar-refractivity contribution < 1.29 is 51.3 Å². The zero-order valence-corrected chi connectivity index (χ0v) is 14.8. The maximum absolute atomic E-state index is 11.4. The molecule has 0 aliphatic heterocycles. The largest absolute Gasteiger partial charge is 0.490 e. The van der Waals surface area contributed by atoms with Gasteiger partial charge in [-0.3, -0.25) is 14.6 Å². The molecule has 0 fully saturated rings. The second-order valence-corrected chi connectivity index (χ2v) is 8.57. The van der Waals surface area contributed by atoms with Crippen LogP contribution in [0.25, 0.3) is 0 Å². The standard InChI is InChI=1S/C8H13N2O12P3/c11-10(12)8-3-1-7(2-4-8)9-5-6-20-24(16,17)22-25(18,19)21-23(13,14)15/h1-4,9H,5-6H2,(H,16,17)(H,18,19)(H2,13,14,15). The van der Waals surface area contributed by atoms with E-state index in [1.54, 1.807) is 0 Å². The maximum Gasteiger partial charge on any atom is 0.490 e. The van der Waals surface area contributed by atoms with Gasteiger partial charge in [0.25, 0.3) is 5.69 Å². The second-order valence-electron chi connectivity index (χ2n) is 4.15. The summed E-state index contributed by atoms with van der Waals surface area (Å²) in [6.45, 7) is -0.637. The van der Waals surface area contributed by atoms with Gasteiger partial charge in [-0.1, -0.05) is 0 Å². The number of phosphoric acid groups is 3. The molecule has 1 aromatic rings. The Kier molecular flexibility index (Phi) is 7.41. The van der Waals surface area contributed by atoms with E-state index >= 15 is 0 Å². The van der Waals surface area contributed by atoms with Gasteiger partial charge in [-0.2, -0.15) is 8.62 Å². The van der Waals surface area contributed by atoms with Crippen molar-refractivity contribution in [2.24, 2.45) is 0 Å². The number of nitrogens with zero attached hydrogens (tertiary/aromatic N) is 1. The van der Waals surface area contributed by atoms with Gasteiger partial charge in [0.1, 0.15) is 0 Å². The molecule has 0 saturated heterocycles. The van der Waals surface area contributed by atoms with Gasteiger partial charge in [-0.05, 0) is 12.1 Å². The normalized spacial score (nSPS) is 16.6. The predicted octanol–water partition coefficient (Wildman–Crippen LogP) is 1.35. The van der Waals surface area contributed by atoms with E-state index in [1.165, 1.54) is 24.3 Å². The third kappa shape index (κ3) is 9.19. The minimum atomic E-state index is -5.54. The van der Waals surface area contributed by atoms with E-state index in [9.17, 15) is 28.7 Å². The topological polar surface area (TPSA) is 215 Å². The molecule has 25 heavy (non-hydrogen) atoms. The first-order chi connectivity index (χ1) is 11.3. The van der Waals surface area contributed by atoms with Gasteiger partial charge in [-0.15, -0.1) is 0 Å². The Morgan fingerprint density at radius 2 is 1.56 bits per heavy atom. The zero-order chi connectivity index (χ0) is 19.3. The van der Waals surface area contributed by atoms with Crippen molar-refractivity contribution in [3.63, 3.8) is 0 Å². The fourth-order valence-corrected chi connectivity index (χ4v) is 4.38. The first-order valence-corrected chi connectivity index (χ1v) is 10.6. The number of rotatable bonds is 10. The summed E-state index contributed by atoms with van der Waals surface area (Å²) < 4.78 is 44.3. The van der Waals surface area contributed by atoms with Crippen LogP contribution in [0.15, 0.2) is 24.3 Å². The fourth-order valence-electron chi connectivity index (χ4n) is 1.36. The highest BCUT2D eigenvalue weighted by Gasteiger charge is 2.40. The summed E-state index contributed by atoms with van der Waals surface area (Å²) in [6, 6.07) is 5.15. The molecule has 0 bridgehead atoms. The van der Waals surface area contributed by atoms with Crippen molar-refractivity contribution in [2.75, 3.05) is 18.5 Å². The van der Waals surface area contributed by atoms with E-state index in [0.29, 0.717) is 5.69 Å². The molecule has 1 aromatic carbocycles. The highest BCUT2D eigenvalue weighted by molar-refractivity contribution is 7.66. The number of nitro groups is 1. The molecule has 0 saturated carbocycles. The van der Waals surface area contributed by atoms with Crippen LogP contribution in [0, 0.1) is 10.1 Å². The molecule has 5 N–H and O–H groups in total. The number of nitrogens with one attached hydrogen (secondary N) is 1. The third-order valence-corrected chi connectivity index (χ3v) is 6.02.